The first-order valence-electron chi connectivity index (χ1n) is 10.8. The highest BCUT2D eigenvalue weighted by Gasteiger charge is 2.25. The minimum absolute atomic E-state index is 0.0921. The predicted molar refractivity (Wildman–Crippen MR) is 120 cm³/mol. The highest BCUT2D eigenvalue weighted by molar-refractivity contribution is 5.94. The fourth-order valence-electron chi connectivity index (χ4n) is 4.22. The van der Waals surface area contributed by atoms with Gasteiger partial charge in [-0.25, -0.2) is 0 Å². The lowest BCUT2D eigenvalue weighted by atomic mass is 10.1. The molecule has 158 valence electrons. The third kappa shape index (κ3) is 4.82. The minimum Gasteiger partial charge on any atom is -0.369 e. The first-order valence-corrected chi connectivity index (χ1v) is 10.8. The number of para-hydroxylation sites is 1. The molecule has 30 heavy (non-hydrogen) atoms. The second kappa shape index (κ2) is 9.30. The van der Waals surface area contributed by atoms with E-state index in [9.17, 15) is 9.59 Å². The van der Waals surface area contributed by atoms with E-state index in [1.165, 1.54) is 5.69 Å². The zero-order chi connectivity index (χ0) is 20.9. The van der Waals surface area contributed by atoms with Gasteiger partial charge in [-0.1, -0.05) is 18.2 Å². The number of carbonyl (C=O) groups excluding carboxylic acids is 2. The third-order valence-corrected chi connectivity index (χ3v) is 6.12. The SMILES string of the molecule is CC(=O)c1ccc(N2CCN(CC(=O)N3CCN(c4ccccc4)CC3)CC2)cc1. The summed E-state index contributed by atoms with van der Waals surface area (Å²) in [7, 11) is 0. The summed E-state index contributed by atoms with van der Waals surface area (Å²) in [6.45, 7) is 9.00. The van der Waals surface area contributed by atoms with Crippen LogP contribution in [0.2, 0.25) is 0 Å². The van der Waals surface area contributed by atoms with Crippen LogP contribution in [0.4, 0.5) is 11.4 Å². The molecule has 0 N–H and O–H groups in total. The van der Waals surface area contributed by atoms with Crippen LogP contribution < -0.4 is 9.80 Å². The van der Waals surface area contributed by atoms with Crippen LogP contribution in [0.5, 0.6) is 0 Å². The average Bonchev–Trinajstić information content (AvgIpc) is 2.80. The Hall–Kier alpha value is -2.86. The smallest absolute Gasteiger partial charge is 0.236 e. The number of ketones is 1. The van der Waals surface area contributed by atoms with Crippen molar-refractivity contribution in [2.45, 2.75) is 6.92 Å². The summed E-state index contributed by atoms with van der Waals surface area (Å²) >= 11 is 0. The van der Waals surface area contributed by atoms with Gasteiger partial charge in [-0.15, -0.1) is 0 Å². The molecule has 6 nitrogen and oxygen atoms in total. The van der Waals surface area contributed by atoms with Crippen LogP contribution in [0.15, 0.2) is 54.6 Å². The lowest BCUT2D eigenvalue weighted by Crippen LogP contribution is -2.54. The summed E-state index contributed by atoms with van der Waals surface area (Å²) in [5.41, 5.74) is 3.12. The lowest BCUT2D eigenvalue weighted by molar-refractivity contribution is -0.132. The number of nitrogens with zero attached hydrogens (tertiary/aromatic N) is 4. The number of carbonyl (C=O) groups is 2. The van der Waals surface area contributed by atoms with Gasteiger partial charge in [-0.3, -0.25) is 14.5 Å². The first-order chi connectivity index (χ1) is 14.6. The average molecular weight is 407 g/mol. The Labute approximate surface area is 178 Å². The topological polar surface area (TPSA) is 47.1 Å². The van der Waals surface area contributed by atoms with Gasteiger partial charge in [0.2, 0.25) is 5.91 Å². The van der Waals surface area contributed by atoms with Crippen LogP contribution >= 0.6 is 0 Å². The molecule has 2 aliphatic heterocycles. The fourth-order valence-corrected chi connectivity index (χ4v) is 4.22. The van der Waals surface area contributed by atoms with Crippen molar-refractivity contribution in [2.24, 2.45) is 0 Å². The number of hydrogen-bond acceptors (Lipinski definition) is 5. The molecular formula is C24H30N4O2. The first kappa shape index (κ1) is 20.4. The van der Waals surface area contributed by atoms with Gasteiger partial charge in [-0.2, -0.15) is 0 Å². The molecule has 0 spiro atoms. The third-order valence-electron chi connectivity index (χ3n) is 6.12. The largest absolute Gasteiger partial charge is 0.369 e. The molecular weight excluding hydrogens is 376 g/mol. The van der Waals surface area contributed by atoms with Crippen LogP contribution in [-0.2, 0) is 4.79 Å². The van der Waals surface area contributed by atoms with Crippen molar-refractivity contribution in [1.29, 1.82) is 0 Å². The summed E-state index contributed by atoms with van der Waals surface area (Å²) in [5, 5.41) is 0. The molecule has 2 aliphatic rings. The normalized spacial score (nSPS) is 17.8. The Balaban J connectivity index is 1.22. The summed E-state index contributed by atoms with van der Waals surface area (Å²) < 4.78 is 0. The van der Waals surface area contributed by atoms with Crippen molar-refractivity contribution in [2.75, 3.05) is 68.7 Å². The Morgan fingerprint density at radius 1 is 0.700 bits per heavy atom. The van der Waals surface area contributed by atoms with Crippen molar-refractivity contribution in [1.82, 2.24) is 9.80 Å². The van der Waals surface area contributed by atoms with Crippen molar-refractivity contribution >= 4 is 23.1 Å². The fraction of sp³-hybridized carbons (Fsp3) is 0.417. The minimum atomic E-state index is 0.0921. The molecule has 0 saturated carbocycles. The van der Waals surface area contributed by atoms with Crippen molar-refractivity contribution < 1.29 is 9.59 Å². The number of Topliss-reactive ketones (excluding diaryl/α,β-unsaturated/α-hetero) is 1. The molecule has 0 aliphatic carbocycles. The maximum Gasteiger partial charge on any atom is 0.236 e. The molecule has 0 unspecified atom stereocenters. The molecule has 2 saturated heterocycles. The van der Waals surface area contributed by atoms with Crippen LogP contribution in [0.25, 0.3) is 0 Å². The second-order valence-electron chi connectivity index (χ2n) is 8.07. The Bertz CT molecular complexity index is 853. The summed E-state index contributed by atoms with van der Waals surface area (Å²) in [6.07, 6.45) is 0. The molecule has 2 heterocycles. The van der Waals surface area contributed by atoms with Gasteiger partial charge in [0.15, 0.2) is 5.78 Å². The molecule has 2 aromatic carbocycles. The number of rotatable bonds is 5. The van der Waals surface area contributed by atoms with Gasteiger partial charge in [0.1, 0.15) is 0 Å². The van der Waals surface area contributed by atoms with E-state index < -0.39 is 0 Å². The maximum absolute atomic E-state index is 12.8. The van der Waals surface area contributed by atoms with E-state index >= 15 is 0 Å². The quantitative estimate of drug-likeness (QED) is 0.714. The molecule has 1 amide bonds. The van der Waals surface area contributed by atoms with Crippen LogP contribution in [-0.4, -0.2) is 80.4 Å². The van der Waals surface area contributed by atoms with Gasteiger partial charge < -0.3 is 14.7 Å². The summed E-state index contributed by atoms with van der Waals surface area (Å²) in [5.74, 6) is 0.330. The summed E-state index contributed by atoms with van der Waals surface area (Å²) in [4.78, 5) is 33.2. The van der Waals surface area contributed by atoms with E-state index in [4.69, 9.17) is 0 Å². The summed E-state index contributed by atoms with van der Waals surface area (Å²) in [6, 6.07) is 18.2. The molecule has 2 aromatic rings. The van der Waals surface area contributed by atoms with Crippen LogP contribution in [0.3, 0.4) is 0 Å². The Morgan fingerprint density at radius 2 is 1.23 bits per heavy atom. The number of amides is 1. The predicted octanol–water partition coefficient (Wildman–Crippen LogP) is 2.36. The van der Waals surface area contributed by atoms with Crippen LogP contribution in [0.1, 0.15) is 17.3 Å². The highest BCUT2D eigenvalue weighted by atomic mass is 16.2. The van der Waals surface area contributed by atoms with E-state index in [1.807, 2.05) is 35.2 Å². The second-order valence-corrected chi connectivity index (χ2v) is 8.07. The number of hydrogen-bond donors (Lipinski definition) is 0. The van der Waals surface area contributed by atoms with E-state index in [0.717, 1.165) is 63.6 Å². The monoisotopic (exact) mass is 406 g/mol. The molecule has 6 heteroatoms. The van der Waals surface area contributed by atoms with Gasteiger partial charge >= 0.3 is 0 Å². The van der Waals surface area contributed by atoms with Crippen molar-refractivity contribution in [3.63, 3.8) is 0 Å². The van der Waals surface area contributed by atoms with Crippen LogP contribution in [0, 0.1) is 0 Å². The van der Waals surface area contributed by atoms with Crippen molar-refractivity contribution in [3.8, 4) is 0 Å². The zero-order valence-electron chi connectivity index (χ0n) is 17.7. The lowest BCUT2D eigenvalue weighted by Gasteiger charge is -2.39. The number of piperazine rings is 2. The van der Waals surface area contributed by atoms with E-state index in [2.05, 4.69) is 39.0 Å². The number of benzene rings is 2. The van der Waals surface area contributed by atoms with E-state index in [-0.39, 0.29) is 11.7 Å². The van der Waals surface area contributed by atoms with E-state index in [1.54, 1.807) is 6.92 Å². The maximum atomic E-state index is 12.8. The van der Waals surface area contributed by atoms with Gasteiger partial charge in [-0.05, 0) is 43.3 Å². The molecule has 0 aromatic heterocycles. The zero-order valence-corrected chi connectivity index (χ0v) is 17.7. The van der Waals surface area contributed by atoms with E-state index in [0.29, 0.717) is 6.54 Å². The Morgan fingerprint density at radius 3 is 1.80 bits per heavy atom. The highest BCUT2D eigenvalue weighted by Crippen LogP contribution is 2.18. The van der Waals surface area contributed by atoms with Gasteiger partial charge in [0, 0.05) is 69.3 Å². The Kier molecular flexibility index (Phi) is 6.33. The number of anilines is 2. The van der Waals surface area contributed by atoms with Crippen molar-refractivity contribution in [3.05, 3.63) is 60.2 Å². The molecule has 0 atom stereocenters. The van der Waals surface area contributed by atoms with Gasteiger partial charge in [0.25, 0.3) is 0 Å². The van der Waals surface area contributed by atoms with Gasteiger partial charge in [0.05, 0.1) is 6.54 Å². The molecule has 0 radical (unpaired) electrons. The molecule has 2 fully saturated rings. The molecule has 4 rings (SSSR count). The standard InChI is InChI=1S/C24H30N4O2/c1-20(29)21-7-9-23(10-8-21)26-13-11-25(12-14-26)19-24(30)28-17-15-27(16-18-28)22-5-3-2-4-6-22/h2-10H,11-19H2,1H3. The molecule has 0 bridgehead atoms.